The van der Waals surface area contributed by atoms with Crippen LogP contribution in [0.25, 0.3) is 0 Å². The Balaban J connectivity index is 2.62. The molecule has 0 aliphatic rings. The fourth-order valence-electron chi connectivity index (χ4n) is 1.38. The molecule has 8 heteroatoms. The van der Waals surface area contributed by atoms with E-state index in [4.69, 9.17) is 4.74 Å². The summed E-state index contributed by atoms with van der Waals surface area (Å²) in [7, 11) is 0. The van der Waals surface area contributed by atoms with E-state index < -0.39 is 6.36 Å². The molecule has 1 rings (SSSR count). The van der Waals surface area contributed by atoms with E-state index in [2.05, 4.69) is 26.0 Å². The standard InChI is InChI=1S/C13H15BrF3NO3/c1-12(2,3)18-11(19)7-20-8-4-5-10(9(14)6-8)21-13(15,16)17/h4-6H,7H2,1-3H3,(H,18,19). The number of nitrogens with one attached hydrogen (secondary N) is 1. The number of carbonyl (C=O) groups is 1. The second kappa shape index (κ2) is 6.55. The number of hydrogen-bond donors (Lipinski definition) is 1. The van der Waals surface area contributed by atoms with Crippen LogP contribution >= 0.6 is 15.9 Å². The highest BCUT2D eigenvalue weighted by molar-refractivity contribution is 9.10. The number of alkyl halides is 3. The number of hydrogen-bond acceptors (Lipinski definition) is 3. The van der Waals surface area contributed by atoms with Crippen LogP contribution in [-0.2, 0) is 4.79 Å². The minimum absolute atomic E-state index is 0.0774. The van der Waals surface area contributed by atoms with Gasteiger partial charge in [-0.25, -0.2) is 0 Å². The molecule has 0 heterocycles. The van der Waals surface area contributed by atoms with E-state index >= 15 is 0 Å². The van der Waals surface area contributed by atoms with Gasteiger partial charge in [-0.1, -0.05) is 0 Å². The van der Waals surface area contributed by atoms with Crippen LogP contribution in [0.5, 0.6) is 11.5 Å². The summed E-state index contributed by atoms with van der Waals surface area (Å²) in [6.45, 7) is 5.24. The van der Waals surface area contributed by atoms with Crippen LogP contribution in [-0.4, -0.2) is 24.4 Å². The fraction of sp³-hybridized carbons (Fsp3) is 0.462. The number of rotatable bonds is 4. The molecule has 0 saturated carbocycles. The Morgan fingerprint density at radius 1 is 1.29 bits per heavy atom. The molecule has 0 spiro atoms. The third-order valence-corrected chi connectivity index (χ3v) is 2.63. The monoisotopic (exact) mass is 369 g/mol. The zero-order valence-corrected chi connectivity index (χ0v) is 13.3. The summed E-state index contributed by atoms with van der Waals surface area (Å²) in [6, 6.07) is 3.69. The molecule has 0 aliphatic carbocycles. The smallest absolute Gasteiger partial charge is 0.484 e. The van der Waals surface area contributed by atoms with Crippen LogP contribution in [0.1, 0.15) is 20.8 Å². The minimum Gasteiger partial charge on any atom is -0.484 e. The second-order valence-corrected chi connectivity index (χ2v) is 6.08. The highest BCUT2D eigenvalue weighted by Gasteiger charge is 2.32. The van der Waals surface area contributed by atoms with Crippen molar-refractivity contribution < 1.29 is 27.4 Å². The van der Waals surface area contributed by atoms with E-state index in [0.29, 0.717) is 0 Å². The van der Waals surface area contributed by atoms with Gasteiger partial charge in [0.15, 0.2) is 6.61 Å². The van der Waals surface area contributed by atoms with Gasteiger partial charge in [0.05, 0.1) is 4.47 Å². The summed E-state index contributed by atoms with van der Waals surface area (Å²) in [6.07, 6.45) is -4.77. The van der Waals surface area contributed by atoms with Gasteiger partial charge in [0.1, 0.15) is 11.5 Å². The third kappa shape index (κ3) is 7.22. The minimum atomic E-state index is -4.77. The Morgan fingerprint density at radius 3 is 2.38 bits per heavy atom. The highest BCUT2D eigenvalue weighted by atomic mass is 79.9. The fourth-order valence-corrected chi connectivity index (χ4v) is 1.82. The van der Waals surface area contributed by atoms with Crippen molar-refractivity contribution >= 4 is 21.8 Å². The number of carbonyl (C=O) groups excluding carboxylic acids is 1. The van der Waals surface area contributed by atoms with Crippen LogP contribution in [0.4, 0.5) is 13.2 Å². The number of halogens is 4. The van der Waals surface area contributed by atoms with E-state index in [0.717, 1.165) is 6.07 Å². The highest BCUT2D eigenvalue weighted by Crippen LogP contribution is 2.33. The maximum atomic E-state index is 12.1. The zero-order chi connectivity index (χ0) is 16.3. The average Bonchev–Trinajstić information content (AvgIpc) is 2.26. The SMILES string of the molecule is CC(C)(C)NC(=O)COc1ccc(OC(F)(F)F)c(Br)c1. The van der Waals surface area contributed by atoms with Crippen molar-refractivity contribution in [3.8, 4) is 11.5 Å². The zero-order valence-electron chi connectivity index (χ0n) is 11.7. The van der Waals surface area contributed by atoms with Gasteiger partial charge in [0.25, 0.3) is 5.91 Å². The molecular weight excluding hydrogens is 355 g/mol. The van der Waals surface area contributed by atoms with Gasteiger partial charge >= 0.3 is 6.36 Å². The van der Waals surface area contributed by atoms with Gasteiger partial charge in [0, 0.05) is 5.54 Å². The van der Waals surface area contributed by atoms with Gasteiger partial charge in [-0.3, -0.25) is 4.79 Å². The second-order valence-electron chi connectivity index (χ2n) is 5.23. The molecule has 1 N–H and O–H groups in total. The number of amides is 1. The lowest BCUT2D eigenvalue weighted by Gasteiger charge is -2.20. The number of benzene rings is 1. The molecule has 1 aromatic carbocycles. The maximum absolute atomic E-state index is 12.1. The molecule has 0 aromatic heterocycles. The normalized spacial score (nSPS) is 12.0. The predicted molar refractivity (Wildman–Crippen MR) is 74.2 cm³/mol. The molecule has 1 amide bonds. The summed E-state index contributed by atoms with van der Waals surface area (Å²) in [5.74, 6) is -0.455. The molecule has 21 heavy (non-hydrogen) atoms. The van der Waals surface area contributed by atoms with E-state index in [9.17, 15) is 18.0 Å². The summed E-state index contributed by atoms with van der Waals surface area (Å²) in [5, 5.41) is 2.70. The Labute approximate surface area is 128 Å². The third-order valence-electron chi connectivity index (χ3n) is 2.01. The number of ether oxygens (including phenoxy) is 2. The van der Waals surface area contributed by atoms with Crippen LogP contribution in [0, 0.1) is 0 Å². The first kappa shape index (κ1) is 17.6. The molecule has 0 fully saturated rings. The van der Waals surface area contributed by atoms with Crippen molar-refractivity contribution in [2.75, 3.05) is 6.61 Å². The quantitative estimate of drug-likeness (QED) is 0.881. The first-order valence-corrected chi connectivity index (χ1v) is 6.75. The summed E-state index contributed by atoms with van der Waals surface area (Å²) < 4.78 is 45.4. The first-order valence-electron chi connectivity index (χ1n) is 5.95. The first-order chi connectivity index (χ1) is 9.46. The maximum Gasteiger partial charge on any atom is 0.573 e. The van der Waals surface area contributed by atoms with Crippen LogP contribution in [0.3, 0.4) is 0 Å². The van der Waals surface area contributed by atoms with E-state index in [1.807, 2.05) is 20.8 Å². The van der Waals surface area contributed by atoms with Crippen molar-refractivity contribution in [1.82, 2.24) is 5.32 Å². The van der Waals surface area contributed by atoms with Crippen molar-refractivity contribution in [3.05, 3.63) is 22.7 Å². The lowest BCUT2D eigenvalue weighted by atomic mass is 10.1. The molecular formula is C13H15BrF3NO3. The Bertz CT molecular complexity index is 512. The van der Waals surface area contributed by atoms with Gasteiger partial charge in [-0.15, -0.1) is 13.2 Å². The molecule has 1 aromatic rings. The van der Waals surface area contributed by atoms with Crippen LogP contribution in [0.2, 0.25) is 0 Å². The lowest BCUT2D eigenvalue weighted by Crippen LogP contribution is -2.43. The van der Waals surface area contributed by atoms with Crippen LogP contribution < -0.4 is 14.8 Å². The Kier molecular flexibility index (Phi) is 5.49. The van der Waals surface area contributed by atoms with Gasteiger partial charge < -0.3 is 14.8 Å². The van der Waals surface area contributed by atoms with Crippen molar-refractivity contribution in [2.24, 2.45) is 0 Å². The molecule has 0 radical (unpaired) electrons. The van der Waals surface area contributed by atoms with Gasteiger partial charge in [-0.2, -0.15) is 0 Å². The Hall–Kier alpha value is -1.44. The summed E-state index contributed by atoms with van der Waals surface area (Å²) >= 11 is 2.95. The Morgan fingerprint density at radius 2 is 1.90 bits per heavy atom. The predicted octanol–water partition coefficient (Wildman–Crippen LogP) is 3.64. The average molecular weight is 370 g/mol. The largest absolute Gasteiger partial charge is 0.573 e. The topological polar surface area (TPSA) is 47.6 Å². The van der Waals surface area contributed by atoms with Gasteiger partial charge in [0.2, 0.25) is 0 Å². The molecule has 0 aliphatic heterocycles. The van der Waals surface area contributed by atoms with Crippen LogP contribution in [0.15, 0.2) is 22.7 Å². The molecule has 4 nitrogen and oxygen atoms in total. The van der Waals surface area contributed by atoms with E-state index in [1.165, 1.54) is 12.1 Å². The molecule has 0 bridgehead atoms. The summed E-state index contributed by atoms with van der Waals surface area (Å²) in [5.41, 5.74) is -0.383. The lowest BCUT2D eigenvalue weighted by molar-refractivity contribution is -0.274. The van der Waals surface area contributed by atoms with Crippen molar-refractivity contribution in [3.63, 3.8) is 0 Å². The van der Waals surface area contributed by atoms with Crippen molar-refractivity contribution in [2.45, 2.75) is 32.7 Å². The molecule has 118 valence electrons. The molecule has 0 unspecified atom stereocenters. The summed E-state index contributed by atoms with van der Waals surface area (Å²) in [4.78, 5) is 11.6. The molecule has 0 saturated heterocycles. The van der Waals surface area contributed by atoms with Gasteiger partial charge in [-0.05, 0) is 54.9 Å². The van der Waals surface area contributed by atoms with Crippen molar-refractivity contribution in [1.29, 1.82) is 0 Å². The molecule has 0 atom stereocenters. The van der Waals surface area contributed by atoms with E-state index in [1.54, 1.807) is 0 Å². The van der Waals surface area contributed by atoms with E-state index in [-0.39, 0.29) is 34.0 Å².